The van der Waals surface area contributed by atoms with E-state index in [2.05, 4.69) is 18.8 Å². The zero-order valence-electron chi connectivity index (χ0n) is 11.0. The molecular weight excluding hydrogens is 212 g/mol. The minimum atomic E-state index is 0.172. The van der Waals surface area contributed by atoms with E-state index in [-0.39, 0.29) is 12.5 Å². The summed E-state index contributed by atoms with van der Waals surface area (Å²) in [6.07, 6.45) is 7.55. The highest BCUT2D eigenvalue weighted by Crippen LogP contribution is 2.34. The van der Waals surface area contributed by atoms with Gasteiger partial charge < -0.3 is 10.1 Å². The molecule has 1 aromatic rings. The number of hydrogen-bond donors (Lipinski definition) is 2. The SMILES string of the molecule is CCC(CO)c1nc(C2CCCCC2)c(C)[nH]1. The number of H-pyrrole nitrogens is 1. The van der Waals surface area contributed by atoms with Crippen LogP contribution in [-0.2, 0) is 0 Å². The standard InChI is InChI=1S/C14H24N2O/c1-3-11(9-17)14-15-10(2)13(16-14)12-7-5-4-6-8-12/h11-12,17H,3-9H2,1-2H3,(H,15,16). The average molecular weight is 236 g/mol. The van der Waals surface area contributed by atoms with E-state index >= 15 is 0 Å². The van der Waals surface area contributed by atoms with Gasteiger partial charge >= 0.3 is 0 Å². The second-order valence-electron chi connectivity index (χ2n) is 5.25. The summed E-state index contributed by atoms with van der Waals surface area (Å²) in [5, 5.41) is 9.33. The zero-order chi connectivity index (χ0) is 12.3. The fourth-order valence-electron chi connectivity index (χ4n) is 2.87. The van der Waals surface area contributed by atoms with Crippen LogP contribution in [0.25, 0.3) is 0 Å². The molecule has 1 fully saturated rings. The third-order valence-electron chi connectivity index (χ3n) is 4.03. The van der Waals surface area contributed by atoms with Gasteiger partial charge in [-0.1, -0.05) is 26.2 Å². The van der Waals surface area contributed by atoms with Crippen molar-refractivity contribution >= 4 is 0 Å². The van der Waals surface area contributed by atoms with Gasteiger partial charge in [0.25, 0.3) is 0 Å². The van der Waals surface area contributed by atoms with Gasteiger partial charge in [-0.15, -0.1) is 0 Å². The maximum Gasteiger partial charge on any atom is 0.112 e. The first kappa shape index (κ1) is 12.6. The molecule has 0 spiro atoms. The van der Waals surface area contributed by atoms with E-state index in [0.29, 0.717) is 5.92 Å². The lowest BCUT2D eigenvalue weighted by atomic mass is 9.86. The molecule has 0 bridgehead atoms. The van der Waals surface area contributed by atoms with Crippen LogP contribution in [0, 0.1) is 6.92 Å². The van der Waals surface area contributed by atoms with Gasteiger partial charge in [0, 0.05) is 17.5 Å². The lowest BCUT2D eigenvalue weighted by molar-refractivity contribution is 0.258. The van der Waals surface area contributed by atoms with E-state index < -0.39 is 0 Å². The van der Waals surface area contributed by atoms with Gasteiger partial charge in [-0.25, -0.2) is 4.98 Å². The van der Waals surface area contributed by atoms with Crippen molar-refractivity contribution in [3.63, 3.8) is 0 Å². The number of aromatic nitrogens is 2. The Bertz CT molecular complexity index is 349. The minimum absolute atomic E-state index is 0.172. The van der Waals surface area contributed by atoms with Crippen molar-refractivity contribution in [2.45, 2.75) is 64.2 Å². The second-order valence-corrected chi connectivity index (χ2v) is 5.25. The predicted molar refractivity (Wildman–Crippen MR) is 69.3 cm³/mol. The van der Waals surface area contributed by atoms with Crippen molar-refractivity contribution in [1.82, 2.24) is 9.97 Å². The second kappa shape index (κ2) is 5.67. The molecule has 0 radical (unpaired) electrons. The molecule has 0 saturated heterocycles. The smallest absolute Gasteiger partial charge is 0.112 e. The van der Waals surface area contributed by atoms with Crippen LogP contribution in [-0.4, -0.2) is 21.7 Å². The fraction of sp³-hybridized carbons (Fsp3) is 0.786. The van der Waals surface area contributed by atoms with Crippen molar-refractivity contribution in [2.75, 3.05) is 6.61 Å². The van der Waals surface area contributed by atoms with Crippen molar-refractivity contribution in [1.29, 1.82) is 0 Å². The van der Waals surface area contributed by atoms with Crippen LogP contribution in [0.4, 0.5) is 0 Å². The molecule has 3 nitrogen and oxygen atoms in total. The first-order valence-electron chi connectivity index (χ1n) is 6.93. The number of imidazole rings is 1. The first-order chi connectivity index (χ1) is 8.26. The number of nitrogens with zero attached hydrogens (tertiary/aromatic N) is 1. The van der Waals surface area contributed by atoms with Crippen LogP contribution in [0.1, 0.15) is 74.5 Å². The quantitative estimate of drug-likeness (QED) is 0.843. The summed E-state index contributed by atoms with van der Waals surface area (Å²) < 4.78 is 0. The summed E-state index contributed by atoms with van der Waals surface area (Å²) >= 11 is 0. The van der Waals surface area contributed by atoms with Gasteiger partial charge in [0.05, 0.1) is 12.3 Å². The normalized spacial score (nSPS) is 19.5. The molecule has 17 heavy (non-hydrogen) atoms. The minimum Gasteiger partial charge on any atom is -0.396 e. The number of aromatic amines is 1. The van der Waals surface area contributed by atoms with E-state index in [9.17, 15) is 5.11 Å². The molecule has 2 N–H and O–H groups in total. The molecule has 1 aromatic heterocycles. The molecule has 1 aliphatic carbocycles. The first-order valence-corrected chi connectivity index (χ1v) is 6.93. The monoisotopic (exact) mass is 236 g/mol. The summed E-state index contributed by atoms with van der Waals surface area (Å²) in [5.74, 6) is 1.80. The molecule has 1 heterocycles. The maximum absolute atomic E-state index is 9.33. The third-order valence-corrected chi connectivity index (χ3v) is 4.03. The van der Waals surface area contributed by atoms with Crippen molar-refractivity contribution < 1.29 is 5.11 Å². The fourth-order valence-corrected chi connectivity index (χ4v) is 2.87. The van der Waals surface area contributed by atoms with E-state index in [1.54, 1.807) is 0 Å². The molecule has 3 heteroatoms. The molecule has 0 aromatic carbocycles. The van der Waals surface area contributed by atoms with Gasteiger partial charge in [0.15, 0.2) is 0 Å². The molecule has 0 aliphatic heterocycles. The van der Waals surface area contributed by atoms with Gasteiger partial charge in [0.2, 0.25) is 0 Å². The van der Waals surface area contributed by atoms with Crippen LogP contribution in [0.15, 0.2) is 0 Å². The third kappa shape index (κ3) is 2.71. The number of aliphatic hydroxyl groups is 1. The Hall–Kier alpha value is -0.830. The Morgan fingerprint density at radius 1 is 1.35 bits per heavy atom. The van der Waals surface area contributed by atoms with Crippen molar-refractivity contribution in [3.05, 3.63) is 17.2 Å². The Kier molecular flexibility index (Phi) is 4.21. The number of rotatable bonds is 4. The van der Waals surface area contributed by atoms with E-state index in [0.717, 1.165) is 12.2 Å². The maximum atomic E-state index is 9.33. The highest BCUT2D eigenvalue weighted by atomic mass is 16.3. The average Bonchev–Trinajstić information content (AvgIpc) is 2.74. The number of nitrogens with one attached hydrogen (secondary N) is 1. The van der Waals surface area contributed by atoms with Gasteiger partial charge in [-0.05, 0) is 26.2 Å². The molecule has 1 atom stereocenters. The van der Waals surface area contributed by atoms with E-state index in [1.165, 1.54) is 43.5 Å². The van der Waals surface area contributed by atoms with Crippen LogP contribution in [0.5, 0.6) is 0 Å². The highest BCUT2D eigenvalue weighted by Gasteiger charge is 2.22. The summed E-state index contributed by atoms with van der Waals surface area (Å²) in [6, 6.07) is 0. The van der Waals surface area contributed by atoms with Crippen LogP contribution >= 0.6 is 0 Å². The summed E-state index contributed by atoms with van der Waals surface area (Å²) in [7, 11) is 0. The molecule has 1 saturated carbocycles. The highest BCUT2D eigenvalue weighted by molar-refractivity contribution is 5.20. The number of hydrogen-bond acceptors (Lipinski definition) is 2. The lowest BCUT2D eigenvalue weighted by Gasteiger charge is -2.20. The summed E-state index contributed by atoms with van der Waals surface area (Å²) in [4.78, 5) is 8.13. The lowest BCUT2D eigenvalue weighted by Crippen LogP contribution is -2.07. The molecular formula is C14H24N2O. The Morgan fingerprint density at radius 3 is 2.65 bits per heavy atom. The van der Waals surface area contributed by atoms with Gasteiger partial charge in [0.1, 0.15) is 5.82 Å². The zero-order valence-corrected chi connectivity index (χ0v) is 11.0. The van der Waals surface area contributed by atoms with Crippen LogP contribution < -0.4 is 0 Å². The Balaban J connectivity index is 2.17. The Labute approximate surface area is 104 Å². The Morgan fingerprint density at radius 2 is 2.06 bits per heavy atom. The van der Waals surface area contributed by atoms with E-state index in [1.807, 2.05) is 0 Å². The predicted octanol–water partition coefficient (Wildman–Crippen LogP) is 3.25. The van der Waals surface area contributed by atoms with Crippen LogP contribution in [0.3, 0.4) is 0 Å². The molecule has 1 aliphatic rings. The summed E-state index contributed by atoms with van der Waals surface area (Å²) in [6.45, 7) is 4.40. The largest absolute Gasteiger partial charge is 0.396 e. The van der Waals surface area contributed by atoms with Gasteiger partial charge in [-0.3, -0.25) is 0 Å². The topological polar surface area (TPSA) is 48.9 Å². The van der Waals surface area contributed by atoms with Crippen molar-refractivity contribution in [3.8, 4) is 0 Å². The van der Waals surface area contributed by atoms with Crippen molar-refractivity contribution in [2.24, 2.45) is 0 Å². The molecule has 2 rings (SSSR count). The molecule has 1 unspecified atom stereocenters. The van der Waals surface area contributed by atoms with Crippen LogP contribution in [0.2, 0.25) is 0 Å². The summed E-state index contributed by atoms with van der Waals surface area (Å²) in [5.41, 5.74) is 2.46. The number of aliphatic hydroxyl groups excluding tert-OH is 1. The van der Waals surface area contributed by atoms with Gasteiger partial charge in [-0.2, -0.15) is 0 Å². The molecule has 96 valence electrons. The van der Waals surface area contributed by atoms with E-state index in [4.69, 9.17) is 4.98 Å². The molecule has 0 amide bonds. The number of aryl methyl sites for hydroxylation is 1.